The zero-order chi connectivity index (χ0) is 19.4. The van der Waals surface area contributed by atoms with E-state index in [0.29, 0.717) is 25.9 Å². The molecule has 0 spiro atoms. The molecule has 0 bridgehead atoms. The molecule has 0 saturated heterocycles. The first-order valence-corrected chi connectivity index (χ1v) is 10.5. The number of anilines is 1. The Bertz CT molecular complexity index is 816. The third-order valence-corrected chi connectivity index (χ3v) is 5.55. The summed E-state index contributed by atoms with van der Waals surface area (Å²) in [5, 5.41) is 7.42. The Hall–Kier alpha value is -2.28. The number of carbonyl (C=O) groups is 2. The van der Waals surface area contributed by atoms with Crippen molar-refractivity contribution in [3.63, 3.8) is 0 Å². The van der Waals surface area contributed by atoms with E-state index in [4.69, 9.17) is 0 Å². The Morgan fingerprint density at radius 3 is 2.74 bits per heavy atom. The van der Waals surface area contributed by atoms with E-state index in [1.807, 2.05) is 24.6 Å². The number of rotatable bonds is 7. The first-order valence-electron chi connectivity index (χ1n) is 9.30. The van der Waals surface area contributed by atoms with Crippen molar-refractivity contribution in [2.75, 3.05) is 17.7 Å². The molecule has 1 aliphatic rings. The van der Waals surface area contributed by atoms with Gasteiger partial charge in [-0.2, -0.15) is 5.10 Å². The van der Waals surface area contributed by atoms with E-state index in [-0.39, 0.29) is 11.8 Å². The third kappa shape index (κ3) is 4.35. The molecule has 1 N–H and O–H groups in total. The number of nitrogens with zero attached hydrogens (tertiary/aromatic N) is 3. The van der Waals surface area contributed by atoms with E-state index in [1.165, 1.54) is 10.5 Å². The van der Waals surface area contributed by atoms with E-state index in [9.17, 15) is 9.59 Å². The number of aromatic nitrogens is 2. The molecule has 2 amide bonds. The number of fused-ring (bicyclic) bond motifs is 1. The highest BCUT2D eigenvalue weighted by Crippen LogP contribution is 2.26. The fourth-order valence-electron chi connectivity index (χ4n) is 3.40. The molecule has 3 rings (SSSR count). The Morgan fingerprint density at radius 1 is 1.33 bits per heavy atom. The number of hydrogen-bond acceptors (Lipinski definition) is 4. The van der Waals surface area contributed by atoms with Crippen molar-refractivity contribution in [1.82, 2.24) is 15.1 Å². The van der Waals surface area contributed by atoms with Crippen molar-refractivity contribution in [3.8, 4) is 0 Å². The van der Waals surface area contributed by atoms with Crippen molar-refractivity contribution >= 4 is 29.4 Å². The van der Waals surface area contributed by atoms with E-state index >= 15 is 0 Å². The van der Waals surface area contributed by atoms with Crippen LogP contribution in [0.2, 0.25) is 0 Å². The smallest absolute Gasteiger partial charge is 0.243 e. The second kappa shape index (κ2) is 8.61. The first-order chi connectivity index (χ1) is 13.0. The van der Waals surface area contributed by atoms with Gasteiger partial charge in [0.05, 0.1) is 12.2 Å². The maximum atomic E-state index is 12.8. The Labute approximate surface area is 164 Å². The minimum atomic E-state index is -0.508. The normalized spacial score (nSPS) is 14.8. The lowest BCUT2D eigenvalue weighted by Gasteiger charge is -2.33. The van der Waals surface area contributed by atoms with E-state index in [1.54, 1.807) is 16.7 Å². The SMILES string of the molecule is CCC(C(=O)NCCc1ccc(SC)cc1)N1C(=O)CCn2nc(C)cc21. The van der Waals surface area contributed by atoms with Crippen LogP contribution in [0.5, 0.6) is 0 Å². The number of benzene rings is 1. The maximum absolute atomic E-state index is 12.8. The summed E-state index contributed by atoms with van der Waals surface area (Å²) in [6.07, 6.45) is 3.75. The quantitative estimate of drug-likeness (QED) is 0.743. The van der Waals surface area contributed by atoms with Crippen LogP contribution in [0.3, 0.4) is 0 Å². The van der Waals surface area contributed by atoms with Crippen LogP contribution in [-0.4, -0.2) is 40.4 Å². The summed E-state index contributed by atoms with van der Waals surface area (Å²) in [4.78, 5) is 28.2. The topological polar surface area (TPSA) is 67.2 Å². The summed E-state index contributed by atoms with van der Waals surface area (Å²) >= 11 is 1.71. The molecule has 0 radical (unpaired) electrons. The van der Waals surface area contributed by atoms with Crippen molar-refractivity contribution < 1.29 is 9.59 Å². The second-order valence-electron chi connectivity index (χ2n) is 6.69. The molecule has 1 atom stereocenters. The summed E-state index contributed by atoms with van der Waals surface area (Å²) in [7, 11) is 0. The lowest BCUT2D eigenvalue weighted by molar-refractivity contribution is -0.127. The molecule has 2 aromatic rings. The highest BCUT2D eigenvalue weighted by atomic mass is 32.2. The van der Waals surface area contributed by atoms with Gasteiger partial charge >= 0.3 is 0 Å². The summed E-state index contributed by atoms with van der Waals surface area (Å²) in [6, 6.07) is 9.72. The Balaban J connectivity index is 1.64. The van der Waals surface area contributed by atoms with Crippen LogP contribution in [-0.2, 0) is 22.6 Å². The Morgan fingerprint density at radius 2 is 2.07 bits per heavy atom. The Kier molecular flexibility index (Phi) is 6.21. The van der Waals surface area contributed by atoms with E-state index in [0.717, 1.165) is 17.9 Å². The number of nitrogens with one attached hydrogen (secondary N) is 1. The van der Waals surface area contributed by atoms with Crippen molar-refractivity contribution in [3.05, 3.63) is 41.6 Å². The second-order valence-corrected chi connectivity index (χ2v) is 7.57. The molecular weight excluding hydrogens is 360 g/mol. The largest absolute Gasteiger partial charge is 0.354 e. The van der Waals surface area contributed by atoms with Crippen LogP contribution in [0, 0.1) is 6.92 Å². The predicted molar refractivity (Wildman–Crippen MR) is 108 cm³/mol. The standard InChI is InChI=1S/C20H26N4O2S/c1-4-17(24-18-13-14(2)22-23(18)12-10-19(24)25)20(26)21-11-9-15-5-7-16(27-3)8-6-15/h5-8,13,17H,4,9-12H2,1-3H3,(H,21,26). The molecule has 0 aliphatic carbocycles. The molecule has 0 saturated carbocycles. The summed E-state index contributed by atoms with van der Waals surface area (Å²) in [6.45, 7) is 4.95. The van der Waals surface area contributed by atoms with Gasteiger partial charge in [0, 0.05) is 23.9 Å². The minimum Gasteiger partial charge on any atom is -0.354 e. The van der Waals surface area contributed by atoms with Crippen LogP contribution in [0.1, 0.15) is 31.0 Å². The van der Waals surface area contributed by atoms with E-state index in [2.05, 4.69) is 40.9 Å². The van der Waals surface area contributed by atoms with Crippen LogP contribution >= 0.6 is 11.8 Å². The van der Waals surface area contributed by atoms with Gasteiger partial charge in [-0.25, -0.2) is 4.68 Å². The number of hydrogen-bond donors (Lipinski definition) is 1. The minimum absolute atomic E-state index is 0.0166. The van der Waals surface area contributed by atoms with Crippen molar-refractivity contribution in [1.29, 1.82) is 0 Å². The third-order valence-electron chi connectivity index (χ3n) is 4.81. The van der Waals surface area contributed by atoms with Crippen LogP contribution < -0.4 is 10.2 Å². The summed E-state index contributed by atoms with van der Waals surface area (Å²) in [5.74, 6) is 0.592. The van der Waals surface area contributed by atoms with Crippen molar-refractivity contribution in [2.24, 2.45) is 0 Å². The summed E-state index contributed by atoms with van der Waals surface area (Å²) in [5.41, 5.74) is 2.04. The highest BCUT2D eigenvalue weighted by molar-refractivity contribution is 7.98. The van der Waals surface area contributed by atoms with Gasteiger partial charge in [-0.3, -0.25) is 14.5 Å². The highest BCUT2D eigenvalue weighted by Gasteiger charge is 2.34. The fraction of sp³-hybridized carbons (Fsp3) is 0.450. The molecule has 2 heterocycles. The van der Waals surface area contributed by atoms with Gasteiger partial charge < -0.3 is 5.32 Å². The van der Waals surface area contributed by atoms with Gasteiger partial charge in [0.2, 0.25) is 11.8 Å². The zero-order valence-corrected chi connectivity index (χ0v) is 16.9. The molecule has 0 fully saturated rings. The molecule has 1 aromatic carbocycles. The molecule has 1 aliphatic heterocycles. The van der Waals surface area contributed by atoms with E-state index < -0.39 is 6.04 Å². The van der Waals surface area contributed by atoms with Crippen LogP contribution in [0.25, 0.3) is 0 Å². The molecule has 6 nitrogen and oxygen atoms in total. The number of carbonyl (C=O) groups excluding carboxylic acids is 2. The van der Waals surface area contributed by atoms with Gasteiger partial charge in [0.25, 0.3) is 0 Å². The number of thioether (sulfide) groups is 1. The molecule has 7 heteroatoms. The molecule has 27 heavy (non-hydrogen) atoms. The van der Waals surface area contributed by atoms with Gasteiger partial charge in [-0.05, 0) is 43.7 Å². The van der Waals surface area contributed by atoms with Gasteiger partial charge in [-0.1, -0.05) is 19.1 Å². The van der Waals surface area contributed by atoms with Crippen molar-refractivity contribution in [2.45, 2.75) is 50.6 Å². The average Bonchev–Trinajstić information content (AvgIpc) is 3.05. The van der Waals surface area contributed by atoms with Crippen LogP contribution in [0.15, 0.2) is 35.2 Å². The lowest BCUT2D eigenvalue weighted by atomic mass is 10.1. The maximum Gasteiger partial charge on any atom is 0.243 e. The lowest BCUT2D eigenvalue weighted by Crippen LogP contribution is -2.52. The molecule has 144 valence electrons. The number of aryl methyl sites for hydroxylation is 2. The summed E-state index contributed by atoms with van der Waals surface area (Å²) < 4.78 is 1.82. The van der Waals surface area contributed by atoms with Gasteiger partial charge in [-0.15, -0.1) is 11.8 Å². The fourth-order valence-corrected chi connectivity index (χ4v) is 3.81. The molecule has 1 aromatic heterocycles. The number of amides is 2. The predicted octanol–water partition coefficient (Wildman–Crippen LogP) is 2.79. The van der Waals surface area contributed by atoms with Crippen LogP contribution in [0.4, 0.5) is 5.82 Å². The first kappa shape index (κ1) is 19.5. The van der Waals surface area contributed by atoms with Gasteiger partial charge in [0.15, 0.2) is 0 Å². The zero-order valence-electron chi connectivity index (χ0n) is 16.1. The molecule has 1 unspecified atom stereocenters. The molecular formula is C20H26N4O2S. The van der Waals surface area contributed by atoms with Gasteiger partial charge in [0.1, 0.15) is 11.9 Å². The average molecular weight is 387 g/mol. The monoisotopic (exact) mass is 386 g/mol.